The topological polar surface area (TPSA) is 67.4 Å². The molecule has 5 nitrogen and oxygen atoms in total. The van der Waals surface area contributed by atoms with Crippen molar-refractivity contribution in [2.75, 3.05) is 11.9 Å². The van der Waals surface area contributed by atoms with Gasteiger partial charge in [0.15, 0.2) is 6.61 Å². The van der Waals surface area contributed by atoms with Gasteiger partial charge in [-0.15, -0.1) is 0 Å². The number of rotatable bonds is 2. The van der Waals surface area contributed by atoms with E-state index in [0.717, 1.165) is 11.8 Å². The minimum atomic E-state index is -0.180. The first-order valence-corrected chi connectivity index (χ1v) is 9.03. The van der Waals surface area contributed by atoms with Gasteiger partial charge in [-0.25, -0.2) is 0 Å². The highest BCUT2D eigenvalue weighted by atomic mass is 16.5. The van der Waals surface area contributed by atoms with Crippen LogP contribution >= 0.6 is 0 Å². The van der Waals surface area contributed by atoms with Gasteiger partial charge in [-0.05, 0) is 74.0 Å². The van der Waals surface area contributed by atoms with E-state index in [1.54, 1.807) is 18.2 Å². The summed E-state index contributed by atoms with van der Waals surface area (Å²) < 4.78 is 5.35. The summed E-state index contributed by atoms with van der Waals surface area (Å²) in [7, 11) is 0. The van der Waals surface area contributed by atoms with Gasteiger partial charge in [0.1, 0.15) is 5.75 Å². The van der Waals surface area contributed by atoms with Crippen LogP contribution in [0.2, 0.25) is 0 Å². The Bertz CT molecular complexity index is 687. The van der Waals surface area contributed by atoms with E-state index in [1.807, 2.05) is 0 Å². The third-order valence-electron chi connectivity index (χ3n) is 6.40. The highest BCUT2D eigenvalue weighted by molar-refractivity contribution is 6.00. The van der Waals surface area contributed by atoms with Gasteiger partial charge in [0, 0.05) is 11.6 Å². The first-order chi connectivity index (χ1) is 11.7. The molecule has 2 N–H and O–H groups in total. The maximum Gasteiger partial charge on any atom is 0.262 e. The average Bonchev–Trinajstić information content (AvgIpc) is 2.56. The largest absolute Gasteiger partial charge is 0.482 e. The number of anilines is 1. The Hall–Kier alpha value is -2.04. The first-order valence-electron chi connectivity index (χ1n) is 9.03. The number of hydrogen-bond donors (Lipinski definition) is 2. The molecule has 24 heavy (non-hydrogen) atoms. The van der Waals surface area contributed by atoms with Crippen molar-refractivity contribution in [1.82, 2.24) is 5.32 Å². The molecule has 1 aliphatic heterocycles. The van der Waals surface area contributed by atoms with E-state index < -0.39 is 0 Å². The summed E-state index contributed by atoms with van der Waals surface area (Å²) >= 11 is 0. The molecular weight excluding hydrogens is 304 g/mol. The van der Waals surface area contributed by atoms with E-state index in [4.69, 9.17) is 4.74 Å². The summed E-state index contributed by atoms with van der Waals surface area (Å²) in [5, 5.41) is 6.07. The molecule has 0 unspecified atom stereocenters. The number of fused-ring (bicyclic) bond motifs is 1. The van der Waals surface area contributed by atoms with Crippen molar-refractivity contribution in [3.63, 3.8) is 0 Å². The molecule has 0 atom stereocenters. The quantitative estimate of drug-likeness (QED) is 0.878. The summed E-state index contributed by atoms with van der Waals surface area (Å²) in [6.45, 7) is 0.0340. The summed E-state index contributed by atoms with van der Waals surface area (Å²) in [5.74, 6) is 3.53. The highest BCUT2D eigenvalue weighted by Gasteiger charge is 2.48. The molecule has 4 fully saturated rings. The predicted octanol–water partition coefficient (Wildman–Crippen LogP) is 2.57. The minimum absolute atomic E-state index is 0.0323. The van der Waals surface area contributed by atoms with E-state index in [9.17, 15) is 9.59 Å². The van der Waals surface area contributed by atoms with E-state index >= 15 is 0 Å². The fourth-order valence-electron chi connectivity index (χ4n) is 5.62. The maximum atomic E-state index is 12.7. The second kappa shape index (κ2) is 5.23. The fraction of sp³-hybridized carbons (Fsp3) is 0.579. The summed E-state index contributed by atoms with van der Waals surface area (Å²) in [6.07, 6.45) is 6.55. The molecule has 6 rings (SSSR count). The number of amides is 2. The smallest absolute Gasteiger partial charge is 0.262 e. The predicted molar refractivity (Wildman–Crippen MR) is 88.9 cm³/mol. The van der Waals surface area contributed by atoms with Crippen LogP contribution in [0, 0.1) is 23.7 Å². The second-order valence-electron chi connectivity index (χ2n) is 7.98. The Morgan fingerprint density at radius 2 is 1.79 bits per heavy atom. The van der Waals surface area contributed by atoms with E-state index in [-0.39, 0.29) is 18.4 Å². The molecule has 5 heteroatoms. The average molecular weight is 326 g/mol. The Kier molecular flexibility index (Phi) is 3.12. The number of hydrogen-bond acceptors (Lipinski definition) is 3. The number of carbonyl (C=O) groups excluding carboxylic acids is 2. The second-order valence-corrected chi connectivity index (χ2v) is 7.98. The molecule has 4 bridgehead atoms. The molecular formula is C19H22N2O3. The number of nitrogens with one attached hydrogen (secondary N) is 2. The Morgan fingerprint density at radius 1 is 1.08 bits per heavy atom. The first kappa shape index (κ1) is 14.3. The summed E-state index contributed by atoms with van der Waals surface area (Å²) in [6, 6.07) is 5.59. The van der Waals surface area contributed by atoms with Crippen molar-refractivity contribution in [3.8, 4) is 5.75 Å². The van der Waals surface area contributed by atoms with Crippen molar-refractivity contribution >= 4 is 17.5 Å². The van der Waals surface area contributed by atoms with Crippen LogP contribution in [-0.4, -0.2) is 24.5 Å². The van der Waals surface area contributed by atoms with Crippen LogP contribution in [0.1, 0.15) is 42.5 Å². The minimum Gasteiger partial charge on any atom is -0.482 e. The van der Waals surface area contributed by atoms with Gasteiger partial charge in [-0.1, -0.05) is 0 Å². The Morgan fingerprint density at radius 3 is 2.50 bits per heavy atom. The summed E-state index contributed by atoms with van der Waals surface area (Å²) in [5.41, 5.74) is 1.18. The standard InChI is InChI=1S/C19H22N2O3/c22-17-9-24-16-2-1-12(8-15(16)20-17)19(23)21-18-13-4-10-3-11(6-13)7-14(18)5-10/h1-2,8,10-11,13-14,18H,3-7,9H2,(H,20,22)(H,21,23). The van der Waals surface area contributed by atoms with Gasteiger partial charge in [0.05, 0.1) is 5.69 Å². The van der Waals surface area contributed by atoms with Crippen LogP contribution in [0.3, 0.4) is 0 Å². The zero-order chi connectivity index (χ0) is 16.3. The van der Waals surface area contributed by atoms with Gasteiger partial charge in [0.25, 0.3) is 11.8 Å². The fourth-order valence-corrected chi connectivity index (χ4v) is 5.62. The lowest BCUT2D eigenvalue weighted by Crippen LogP contribution is -2.55. The van der Waals surface area contributed by atoms with Gasteiger partial charge >= 0.3 is 0 Å². The Balaban J connectivity index is 1.34. The zero-order valence-electron chi connectivity index (χ0n) is 13.6. The normalized spacial score (nSPS) is 35.8. The number of carbonyl (C=O) groups is 2. The molecule has 5 aliphatic rings. The molecule has 2 amide bonds. The molecule has 0 spiro atoms. The monoisotopic (exact) mass is 326 g/mol. The molecule has 0 radical (unpaired) electrons. The molecule has 1 aromatic rings. The van der Waals surface area contributed by atoms with E-state index in [2.05, 4.69) is 10.6 Å². The maximum absolute atomic E-state index is 12.7. The molecule has 1 heterocycles. The van der Waals surface area contributed by atoms with Gasteiger partial charge in [0.2, 0.25) is 0 Å². The van der Waals surface area contributed by atoms with Crippen LogP contribution < -0.4 is 15.4 Å². The van der Waals surface area contributed by atoms with Crippen LogP contribution in [0.4, 0.5) is 5.69 Å². The van der Waals surface area contributed by atoms with Crippen molar-refractivity contribution in [2.24, 2.45) is 23.7 Å². The van der Waals surface area contributed by atoms with Crippen LogP contribution in [0.5, 0.6) is 5.75 Å². The molecule has 4 aliphatic carbocycles. The third kappa shape index (κ3) is 2.29. The van der Waals surface area contributed by atoms with Crippen molar-refractivity contribution < 1.29 is 14.3 Å². The lowest BCUT2D eigenvalue weighted by molar-refractivity contribution is -0.118. The van der Waals surface area contributed by atoms with Crippen LogP contribution in [0.15, 0.2) is 18.2 Å². The lowest BCUT2D eigenvalue weighted by Gasteiger charge is -2.54. The molecule has 126 valence electrons. The van der Waals surface area contributed by atoms with Crippen molar-refractivity contribution in [1.29, 1.82) is 0 Å². The molecule has 1 aromatic carbocycles. The lowest BCUT2D eigenvalue weighted by atomic mass is 9.54. The number of benzene rings is 1. The van der Waals surface area contributed by atoms with Crippen LogP contribution in [0.25, 0.3) is 0 Å². The Labute approximate surface area is 141 Å². The van der Waals surface area contributed by atoms with Crippen LogP contribution in [-0.2, 0) is 4.79 Å². The molecule has 4 saturated carbocycles. The SMILES string of the molecule is O=C1COc2ccc(C(=O)NC3C4CC5CC(C4)CC3C5)cc2N1. The van der Waals surface area contributed by atoms with Gasteiger partial charge in [-0.2, -0.15) is 0 Å². The molecule has 0 saturated heterocycles. The number of ether oxygens (including phenoxy) is 1. The van der Waals surface area contributed by atoms with Crippen molar-refractivity contribution in [3.05, 3.63) is 23.8 Å². The van der Waals surface area contributed by atoms with Gasteiger partial charge < -0.3 is 15.4 Å². The zero-order valence-corrected chi connectivity index (χ0v) is 13.6. The van der Waals surface area contributed by atoms with Crippen molar-refractivity contribution in [2.45, 2.75) is 38.1 Å². The third-order valence-corrected chi connectivity index (χ3v) is 6.40. The highest BCUT2D eigenvalue weighted by Crippen LogP contribution is 2.53. The van der Waals surface area contributed by atoms with Gasteiger partial charge in [-0.3, -0.25) is 9.59 Å². The molecule has 0 aromatic heterocycles. The van der Waals surface area contributed by atoms with E-state index in [1.165, 1.54) is 32.1 Å². The van der Waals surface area contributed by atoms with E-state index in [0.29, 0.717) is 34.9 Å². The summed E-state index contributed by atoms with van der Waals surface area (Å²) in [4.78, 5) is 24.2.